The number of benzene rings is 1. The molecule has 0 saturated carbocycles. The first-order valence-corrected chi connectivity index (χ1v) is 6.37. The average Bonchev–Trinajstić information content (AvgIpc) is 2.85. The predicted octanol–water partition coefficient (Wildman–Crippen LogP) is 3.18. The second-order valence-corrected chi connectivity index (χ2v) is 4.68. The zero-order chi connectivity index (χ0) is 14.5. The van der Waals surface area contributed by atoms with Crippen LogP contribution in [0.3, 0.4) is 0 Å². The molecule has 0 spiro atoms. The van der Waals surface area contributed by atoms with Crippen molar-refractivity contribution in [3.8, 4) is 17.0 Å². The topological polar surface area (TPSA) is 49.9 Å². The lowest BCUT2D eigenvalue weighted by molar-refractivity contribution is -0.0498. The molecule has 20 heavy (non-hydrogen) atoms. The predicted molar refractivity (Wildman–Crippen MR) is 72.6 cm³/mol. The molecule has 0 radical (unpaired) electrons. The van der Waals surface area contributed by atoms with E-state index in [0.717, 1.165) is 17.1 Å². The first-order valence-electron chi connectivity index (χ1n) is 6.37. The number of alkyl halides is 2. The summed E-state index contributed by atoms with van der Waals surface area (Å²) in [6, 6.07) is 6.83. The lowest BCUT2D eigenvalue weighted by Crippen LogP contribution is -2.22. The van der Waals surface area contributed by atoms with Gasteiger partial charge in [-0.15, -0.1) is 0 Å². The van der Waals surface area contributed by atoms with Gasteiger partial charge < -0.3 is 15.0 Å². The van der Waals surface area contributed by atoms with Crippen molar-refractivity contribution in [3.05, 3.63) is 36.3 Å². The summed E-state index contributed by atoms with van der Waals surface area (Å²) in [5.74, 6) is 0.978. The SMILES string of the molecule is CC(C)NCc1ncc(-c2ccc(OC(F)F)cc2)[nH]1. The highest BCUT2D eigenvalue weighted by Gasteiger charge is 2.06. The highest BCUT2D eigenvalue weighted by molar-refractivity contribution is 5.59. The Hall–Kier alpha value is -1.95. The third-order valence-electron chi connectivity index (χ3n) is 2.70. The summed E-state index contributed by atoms with van der Waals surface area (Å²) in [5.41, 5.74) is 1.71. The molecule has 0 unspecified atom stereocenters. The molecule has 0 aliphatic carbocycles. The molecule has 1 aromatic heterocycles. The van der Waals surface area contributed by atoms with Gasteiger partial charge in [0.25, 0.3) is 0 Å². The Labute approximate surface area is 116 Å². The van der Waals surface area contributed by atoms with Crippen molar-refractivity contribution in [3.63, 3.8) is 0 Å². The minimum absolute atomic E-state index is 0.143. The first kappa shape index (κ1) is 14.5. The summed E-state index contributed by atoms with van der Waals surface area (Å²) in [6.45, 7) is 1.98. The summed E-state index contributed by atoms with van der Waals surface area (Å²) in [5, 5.41) is 3.26. The molecule has 108 valence electrons. The molecule has 0 aliphatic heterocycles. The Bertz CT molecular complexity index is 538. The van der Waals surface area contributed by atoms with Gasteiger partial charge in [0.05, 0.1) is 18.4 Å². The number of aromatic nitrogens is 2. The minimum Gasteiger partial charge on any atom is -0.435 e. The number of hydrogen-bond donors (Lipinski definition) is 2. The second kappa shape index (κ2) is 6.47. The molecule has 0 amide bonds. The van der Waals surface area contributed by atoms with Crippen molar-refractivity contribution in [1.82, 2.24) is 15.3 Å². The average molecular weight is 281 g/mol. The van der Waals surface area contributed by atoms with E-state index in [1.807, 2.05) is 0 Å². The van der Waals surface area contributed by atoms with Gasteiger partial charge in [0, 0.05) is 6.04 Å². The molecule has 0 bridgehead atoms. The van der Waals surface area contributed by atoms with Crippen LogP contribution in [0.5, 0.6) is 5.75 Å². The number of ether oxygens (including phenoxy) is 1. The highest BCUT2D eigenvalue weighted by Crippen LogP contribution is 2.21. The summed E-state index contributed by atoms with van der Waals surface area (Å²) in [4.78, 5) is 7.45. The number of nitrogens with zero attached hydrogens (tertiary/aromatic N) is 1. The third kappa shape index (κ3) is 4.03. The van der Waals surface area contributed by atoms with Gasteiger partial charge in [0.15, 0.2) is 0 Å². The smallest absolute Gasteiger partial charge is 0.387 e. The largest absolute Gasteiger partial charge is 0.435 e. The Morgan fingerprint density at radius 1 is 1.25 bits per heavy atom. The van der Waals surface area contributed by atoms with Crippen molar-refractivity contribution in [2.45, 2.75) is 33.0 Å². The molecule has 0 atom stereocenters. The lowest BCUT2D eigenvalue weighted by Gasteiger charge is -2.05. The fourth-order valence-electron chi connectivity index (χ4n) is 1.72. The van der Waals surface area contributed by atoms with Gasteiger partial charge in [-0.05, 0) is 29.8 Å². The Balaban J connectivity index is 2.04. The number of aromatic amines is 1. The van der Waals surface area contributed by atoms with E-state index >= 15 is 0 Å². The standard InChI is InChI=1S/C14H17F2N3O/c1-9(2)17-8-13-18-7-12(19-13)10-3-5-11(6-4-10)20-14(15)16/h3-7,9,14,17H,8H2,1-2H3,(H,18,19). The molecule has 1 aromatic carbocycles. The van der Waals surface area contributed by atoms with E-state index in [4.69, 9.17) is 0 Å². The Morgan fingerprint density at radius 3 is 2.55 bits per heavy atom. The summed E-state index contributed by atoms with van der Waals surface area (Å²) in [6.07, 6.45) is 1.72. The first-order chi connectivity index (χ1) is 9.54. The van der Waals surface area contributed by atoms with Crippen molar-refractivity contribution >= 4 is 0 Å². The molecule has 0 aliphatic rings. The van der Waals surface area contributed by atoms with Crippen LogP contribution in [0.4, 0.5) is 8.78 Å². The second-order valence-electron chi connectivity index (χ2n) is 4.68. The molecule has 2 N–H and O–H groups in total. The van der Waals surface area contributed by atoms with E-state index < -0.39 is 6.61 Å². The zero-order valence-corrected chi connectivity index (χ0v) is 11.4. The molecule has 2 rings (SSSR count). The molecule has 0 saturated heterocycles. The summed E-state index contributed by atoms with van der Waals surface area (Å²) < 4.78 is 28.4. The van der Waals surface area contributed by atoms with Gasteiger partial charge >= 0.3 is 6.61 Å². The van der Waals surface area contributed by atoms with E-state index in [9.17, 15) is 8.78 Å². The molecular weight excluding hydrogens is 264 g/mol. The zero-order valence-electron chi connectivity index (χ0n) is 11.4. The molecular formula is C14H17F2N3O. The van der Waals surface area contributed by atoms with Crippen LogP contribution in [-0.2, 0) is 6.54 Å². The van der Waals surface area contributed by atoms with Gasteiger partial charge in [0.2, 0.25) is 0 Å². The maximum Gasteiger partial charge on any atom is 0.387 e. The van der Waals surface area contributed by atoms with Gasteiger partial charge in [0.1, 0.15) is 11.6 Å². The van der Waals surface area contributed by atoms with E-state index in [1.165, 1.54) is 12.1 Å². The lowest BCUT2D eigenvalue weighted by atomic mass is 10.2. The van der Waals surface area contributed by atoms with Gasteiger partial charge in [-0.2, -0.15) is 8.78 Å². The molecule has 2 aromatic rings. The number of nitrogens with one attached hydrogen (secondary N) is 2. The van der Waals surface area contributed by atoms with Crippen molar-refractivity contribution in [2.24, 2.45) is 0 Å². The summed E-state index contributed by atoms with van der Waals surface area (Å²) in [7, 11) is 0. The van der Waals surface area contributed by atoms with E-state index in [0.29, 0.717) is 12.6 Å². The molecule has 4 nitrogen and oxygen atoms in total. The molecule has 6 heteroatoms. The molecule has 1 heterocycles. The molecule has 0 fully saturated rings. The van der Waals surface area contributed by atoms with Crippen molar-refractivity contribution in [2.75, 3.05) is 0 Å². The summed E-state index contributed by atoms with van der Waals surface area (Å²) >= 11 is 0. The quantitative estimate of drug-likeness (QED) is 0.855. The van der Waals surface area contributed by atoms with Crippen LogP contribution in [0, 0.1) is 0 Å². The fraction of sp³-hybridized carbons (Fsp3) is 0.357. The Kier molecular flexibility index (Phi) is 4.68. The monoisotopic (exact) mass is 281 g/mol. The highest BCUT2D eigenvalue weighted by atomic mass is 19.3. The van der Waals surface area contributed by atoms with E-state index in [1.54, 1.807) is 18.3 Å². The van der Waals surface area contributed by atoms with Gasteiger partial charge in [-0.3, -0.25) is 0 Å². The number of imidazole rings is 1. The van der Waals surface area contributed by atoms with Gasteiger partial charge in [-0.1, -0.05) is 13.8 Å². The normalized spacial score (nSPS) is 11.3. The number of rotatable bonds is 6. The van der Waals surface area contributed by atoms with Crippen LogP contribution in [0.25, 0.3) is 11.3 Å². The van der Waals surface area contributed by atoms with Gasteiger partial charge in [-0.25, -0.2) is 4.98 Å². The van der Waals surface area contributed by atoms with Crippen LogP contribution in [0.1, 0.15) is 19.7 Å². The maximum absolute atomic E-state index is 12.1. The fourth-order valence-corrected chi connectivity index (χ4v) is 1.72. The minimum atomic E-state index is -2.80. The third-order valence-corrected chi connectivity index (χ3v) is 2.70. The van der Waals surface area contributed by atoms with Crippen LogP contribution < -0.4 is 10.1 Å². The van der Waals surface area contributed by atoms with Crippen molar-refractivity contribution < 1.29 is 13.5 Å². The number of hydrogen-bond acceptors (Lipinski definition) is 3. The van der Waals surface area contributed by atoms with E-state index in [-0.39, 0.29) is 5.75 Å². The van der Waals surface area contributed by atoms with Crippen LogP contribution in [0.15, 0.2) is 30.5 Å². The number of halogens is 2. The van der Waals surface area contributed by atoms with E-state index in [2.05, 4.69) is 33.9 Å². The van der Waals surface area contributed by atoms with Crippen LogP contribution in [0.2, 0.25) is 0 Å². The van der Waals surface area contributed by atoms with Crippen LogP contribution in [-0.4, -0.2) is 22.6 Å². The Morgan fingerprint density at radius 2 is 1.95 bits per heavy atom. The van der Waals surface area contributed by atoms with Crippen molar-refractivity contribution in [1.29, 1.82) is 0 Å². The number of H-pyrrole nitrogens is 1. The maximum atomic E-state index is 12.1. The van der Waals surface area contributed by atoms with Crippen LogP contribution >= 0.6 is 0 Å².